The van der Waals surface area contributed by atoms with E-state index in [9.17, 15) is 13.2 Å². The summed E-state index contributed by atoms with van der Waals surface area (Å²) in [5.41, 5.74) is 0.129. The molecule has 0 N–H and O–H groups in total. The van der Waals surface area contributed by atoms with Gasteiger partial charge in [-0.05, 0) is 31.0 Å². The third kappa shape index (κ3) is 4.13. The number of rotatable bonds is 3. The van der Waals surface area contributed by atoms with Gasteiger partial charge in [0.1, 0.15) is 0 Å². The Morgan fingerprint density at radius 2 is 2.00 bits per heavy atom. The van der Waals surface area contributed by atoms with Crippen molar-refractivity contribution in [3.63, 3.8) is 0 Å². The maximum atomic E-state index is 12.7. The Morgan fingerprint density at radius 3 is 2.70 bits per heavy atom. The fourth-order valence-electron chi connectivity index (χ4n) is 2.70. The number of hydrogen-bond donors (Lipinski definition) is 0. The van der Waals surface area contributed by atoms with Crippen LogP contribution in [0.5, 0.6) is 0 Å². The van der Waals surface area contributed by atoms with Crippen LogP contribution in [0, 0.1) is 0 Å². The lowest BCUT2D eigenvalue weighted by Gasteiger charge is -2.28. The lowest BCUT2D eigenvalue weighted by Crippen LogP contribution is -2.35. The van der Waals surface area contributed by atoms with E-state index < -0.39 is 11.7 Å². The summed E-state index contributed by atoms with van der Waals surface area (Å²) in [7, 11) is 0. The van der Waals surface area contributed by atoms with E-state index in [1.807, 2.05) is 0 Å². The van der Waals surface area contributed by atoms with Gasteiger partial charge >= 0.3 is 6.18 Å². The van der Waals surface area contributed by atoms with Crippen molar-refractivity contribution in [2.24, 2.45) is 0 Å². The molecular formula is C15H19ClF3N. The molecule has 1 aromatic carbocycles. The Balaban J connectivity index is 2.11. The van der Waals surface area contributed by atoms with Gasteiger partial charge in [-0.15, -0.1) is 11.6 Å². The molecule has 1 aromatic rings. The van der Waals surface area contributed by atoms with Gasteiger partial charge in [0.25, 0.3) is 0 Å². The minimum atomic E-state index is -4.28. The fraction of sp³-hybridized carbons (Fsp3) is 0.600. The van der Waals surface area contributed by atoms with Gasteiger partial charge in [-0.1, -0.05) is 31.0 Å². The topological polar surface area (TPSA) is 3.24 Å². The summed E-state index contributed by atoms with van der Waals surface area (Å²) >= 11 is 6.00. The van der Waals surface area contributed by atoms with Crippen LogP contribution in [0.15, 0.2) is 24.3 Å². The van der Waals surface area contributed by atoms with Gasteiger partial charge in [-0.3, -0.25) is 4.90 Å². The Kier molecular flexibility index (Phi) is 5.33. The van der Waals surface area contributed by atoms with Crippen LogP contribution < -0.4 is 0 Å². The van der Waals surface area contributed by atoms with Crippen molar-refractivity contribution in [3.05, 3.63) is 35.4 Å². The molecule has 0 aliphatic carbocycles. The van der Waals surface area contributed by atoms with Crippen LogP contribution in [-0.4, -0.2) is 23.4 Å². The second-order valence-corrected chi connectivity index (χ2v) is 5.63. The lowest BCUT2D eigenvalue weighted by molar-refractivity contribution is -0.137. The zero-order valence-electron chi connectivity index (χ0n) is 11.3. The first-order chi connectivity index (χ1) is 9.50. The highest BCUT2D eigenvalue weighted by Gasteiger charge is 2.30. The van der Waals surface area contributed by atoms with Crippen molar-refractivity contribution >= 4 is 11.6 Å². The van der Waals surface area contributed by atoms with Gasteiger partial charge in [0, 0.05) is 18.5 Å². The summed E-state index contributed by atoms with van der Waals surface area (Å²) in [5, 5.41) is 0. The molecule has 1 nitrogen and oxygen atoms in total. The van der Waals surface area contributed by atoms with E-state index in [1.54, 1.807) is 6.07 Å². The fourth-order valence-corrected chi connectivity index (χ4v) is 3.05. The Morgan fingerprint density at radius 1 is 1.20 bits per heavy atom. The van der Waals surface area contributed by atoms with E-state index in [0.29, 0.717) is 18.0 Å². The number of alkyl halides is 4. The minimum Gasteiger partial charge on any atom is -0.295 e. The Labute approximate surface area is 122 Å². The standard InChI is InChI=1S/C15H19ClF3N/c16-10-14-7-2-1-3-8-20(14)11-12-5-4-6-13(9-12)15(17,18)19/h4-6,9,14H,1-3,7-8,10-11H2. The zero-order valence-corrected chi connectivity index (χ0v) is 12.1. The summed E-state index contributed by atoms with van der Waals surface area (Å²) in [6, 6.07) is 5.87. The van der Waals surface area contributed by atoms with E-state index in [2.05, 4.69) is 4.90 Å². The van der Waals surface area contributed by atoms with Crippen molar-refractivity contribution in [2.75, 3.05) is 12.4 Å². The average Bonchev–Trinajstić information content (AvgIpc) is 2.63. The molecule has 1 fully saturated rings. The maximum absolute atomic E-state index is 12.7. The van der Waals surface area contributed by atoms with Gasteiger partial charge in [-0.25, -0.2) is 0 Å². The molecule has 1 aliphatic heterocycles. The molecule has 0 saturated carbocycles. The van der Waals surface area contributed by atoms with Crippen LogP contribution in [0.4, 0.5) is 13.2 Å². The summed E-state index contributed by atoms with van der Waals surface area (Å²) in [5.74, 6) is 0.541. The molecule has 112 valence electrons. The number of benzene rings is 1. The number of hydrogen-bond acceptors (Lipinski definition) is 1. The van der Waals surface area contributed by atoms with Gasteiger partial charge in [0.2, 0.25) is 0 Å². The second kappa shape index (κ2) is 6.81. The molecule has 1 heterocycles. The summed E-state index contributed by atoms with van der Waals surface area (Å²) < 4.78 is 38.2. The van der Waals surface area contributed by atoms with Crippen molar-refractivity contribution in [3.8, 4) is 0 Å². The van der Waals surface area contributed by atoms with Crippen LogP contribution in [0.3, 0.4) is 0 Å². The molecule has 0 amide bonds. The summed E-state index contributed by atoms with van der Waals surface area (Å²) in [6.45, 7) is 1.45. The molecular weight excluding hydrogens is 287 g/mol. The highest BCUT2D eigenvalue weighted by molar-refractivity contribution is 6.18. The molecule has 0 aromatic heterocycles. The largest absolute Gasteiger partial charge is 0.416 e. The predicted molar refractivity (Wildman–Crippen MR) is 74.8 cm³/mol. The minimum absolute atomic E-state index is 0.272. The lowest BCUT2D eigenvalue weighted by atomic mass is 10.1. The molecule has 1 unspecified atom stereocenters. The normalized spacial score (nSPS) is 21.7. The van der Waals surface area contributed by atoms with Gasteiger partial charge in [0.05, 0.1) is 5.56 Å². The smallest absolute Gasteiger partial charge is 0.295 e. The highest BCUT2D eigenvalue weighted by atomic mass is 35.5. The van der Waals surface area contributed by atoms with Gasteiger partial charge in [-0.2, -0.15) is 13.2 Å². The van der Waals surface area contributed by atoms with Gasteiger partial charge < -0.3 is 0 Å². The third-order valence-electron chi connectivity index (χ3n) is 3.82. The first-order valence-corrected chi connectivity index (χ1v) is 7.50. The number of nitrogens with zero attached hydrogens (tertiary/aromatic N) is 1. The second-order valence-electron chi connectivity index (χ2n) is 5.33. The van der Waals surface area contributed by atoms with Gasteiger partial charge in [0.15, 0.2) is 0 Å². The zero-order chi connectivity index (χ0) is 14.6. The van der Waals surface area contributed by atoms with E-state index in [4.69, 9.17) is 11.6 Å². The molecule has 2 rings (SSSR count). The molecule has 0 spiro atoms. The molecule has 5 heteroatoms. The van der Waals surface area contributed by atoms with E-state index in [1.165, 1.54) is 18.6 Å². The van der Waals surface area contributed by atoms with Crippen LogP contribution in [0.25, 0.3) is 0 Å². The highest BCUT2D eigenvalue weighted by Crippen LogP contribution is 2.30. The average molecular weight is 306 g/mol. The van der Waals surface area contributed by atoms with Crippen molar-refractivity contribution < 1.29 is 13.2 Å². The van der Waals surface area contributed by atoms with E-state index in [-0.39, 0.29) is 6.04 Å². The monoisotopic (exact) mass is 305 g/mol. The van der Waals surface area contributed by atoms with Crippen LogP contribution in [-0.2, 0) is 12.7 Å². The molecule has 1 aliphatic rings. The molecule has 1 atom stereocenters. The Bertz CT molecular complexity index is 433. The molecule has 1 saturated heterocycles. The van der Waals surface area contributed by atoms with Crippen molar-refractivity contribution in [2.45, 2.75) is 44.4 Å². The summed E-state index contributed by atoms with van der Waals surface area (Å²) in [4.78, 5) is 2.22. The molecule has 0 bridgehead atoms. The Hall–Kier alpha value is -0.740. The number of likely N-dealkylation sites (tertiary alicyclic amines) is 1. The molecule has 20 heavy (non-hydrogen) atoms. The van der Waals surface area contributed by atoms with E-state index >= 15 is 0 Å². The first kappa shape index (κ1) is 15.6. The van der Waals surface area contributed by atoms with Crippen LogP contribution in [0.2, 0.25) is 0 Å². The quantitative estimate of drug-likeness (QED) is 0.732. The van der Waals surface area contributed by atoms with Crippen LogP contribution >= 0.6 is 11.6 Å². The predicted octanol–water partition coefficient (Wildman–Crippen LogP) is 4.69. The van der Waals surface area contributed by atoms with Crippen LogP contribution in [0.1, 0.15) is 36.8 Å². The third-order valence-corrected chi connectivity index (χ3v) is 4.17. The van der Waals surface area contributed by atoms with Crippen molar-refractivity contribution in [1.82, 2.24) is 4.90 Å². The van der Waals surface area contributed by atoms with E-state index in [0.717, 1.165) is 31.9 Å². The maximum Gasteiger partial charge on any atom is 0.416 e. The van der Waals surface area contributed by atoms with Crippen molar-refractivity contribution in [1.29, 1.82) is 0 Å². The summed E-state index contributed by atoms with van der Waals surface area (Å²) in [6.07, 6.45) is 0.165. The molecule has 0 radical (unpaired) electrons. The first-order valence-electron chi connectivity index (χ1n) is 6.97. The SMILES string of the molecule is FC(F)(F)c1cccc(CN2CCCCCC2CCl)c1. The number of halogens is 4.